The van der Waals surface area contributed by atoms with Crippen LogP contribution in [0.5, 0.6) is 0 Å². The summed E-state index contributed by atoms with van der Waals surface area (Å²) in [4.78, 5) is 4.92. The third-order valence-electron chi connectivity index (χ3n) is 3.90. The first kappa shape index (κ1) is 18.8. The van der Waals surface area contributed by atoms with Gasteiger partial charge in [-0.25, -0.2) is 0 Å². The second-order valence-electron chi connectivity index (χ2n) is 5.77. The molecule has 0 amide bonds. The van der Waals surface area contributed by atoms with Gasteiger partial charge in [0.05, 0.1) is 0 Å². The van der Waals surface area contributed by atoms with Gasteiger partial charge in [-0.3, -0.25) is 0 Å². The van der Waals surface area contributed by atoms with Crippen LogP contribution in [0.1, 0.15) is 40.0 Å². The number of rotatable bonds is 12. The van der Waals surface area contributed by atoms with Gasteiger partial charge < -0.3 is 0 Å². The molecule has 0 aliphatic rings. The Bertz CT molecular complexity index is 170. The summed E-state index contributed by atoms with van der Waals surface area (Å²) in [6, 6.07) is 0. The van der Waals surface area contributed by atoms with Gasteiger partial charge in [-0.2, -0.15) is 0 Å². The van der Waals surface area contributed by atoms with Crippen LogP contribution in [0.15, 0.2) is 0 Å². The molecule has 0 saturated heterocycles. The predicted octanol–water partition coefficient (Wildman–Crippen LogP) is 3.57. The van der Waals surface area contributed by atoms with Crippen molar-refractivity contribution >= 4 is 21.4 Å². The molecule has 0 aromatic rings. The third-order valence-corrected chi connectivity index (χ3v) is 14.9. The molecule has 0 N–H and O–H groups in total. The molecule has 0 bridgehead atoms. The summed E-state index contributed by atoms with van der Waals surface area (Å²) in [6.45, 7) is 12.0. The van der Waals surface area contributed by atoms with Gasteiger partial charge in [-0.1, -0.05) is 0 Å². The second-order valence-corrected chi connectivity index (χ2v) is 15.7. The quantitative estimate of drug-likeness (QED) is 0.526. The Morgan fingerprint density at radius 1 is 0.778 bits per heavy atom. The summed E-state index contributed by atoms with van der Waals surface area (Å²) in [5.41, 5.74) is 0. The number of hydrogen-bond acceptors (Lipinski definition) is 2. The molecular formula is C15H35InN2. The van der Waals surface area contributed by atoms with Crippen LogP contribution >= 0.6 is 0 Å². The van der Waals surface area contributed by atoms with E-state index in [1.54, 1.807) is 12.5 Å². The van der Waals surface area contributed by atoms with Crippen molar-refractivity contribution < 1.29 is 0 Å². The van der Waals surface area contributed by atoms with Crippen LogP contribution in [0, 0.1) is 0 Å². The summed E-state index contributed by atoms with van der Waals surface area (Å²) < 4.78 is 4.90. The van der Waals surface area contributed by atoms with Crippen molar-refractivity contribution in [3.63, 3.8) is 0 Å². The molecule has 0 atom stereocenters. The van der Waals surface area contributed by atoms with Gasteiger partial charge in [0.15, 0.2) is 0 Å². The Kier molecular flexibility index (Phi) is 13.4. The first-order valence-electron chi connectivity index (χ1n) is 8.01. The summed E-state index contributed by atoms with van der Waals surface area (Å²) in [7, 11) is 4.40. The zero-order chi connectivity index (χ0) is 13.8. The van der Waals surface area contributed by atoms with Crippen molar-refractivity contribution in [2.75, 3.05) is 40.3 Å². The maximum atomic E-state index is 2.58. The molecule has 2 nitrogen and oxygen atoms in total. The Morgan fingerprint density at radius 2 is 1.33 bits per heavy atom. The van der Waals surface area contributed by atoms with Crippen LogP contribution in [0.3, 0.4) is 0 Å². The standard InChI is InChI=1S/C7H16N.C5H12N.C3H7.In/c1-4-7-8(5-2)6-3;1-4-5-6(2)3;1-3-2;/h1,4-7H2,2-3H3;1,4-5H2,2-3H3;1,3H2,2H3;. The van der Waals surface area contributed by atoms with E-state index in [4.69, 9.17) is 0 Å². The fraction of sp³-hybridized carbons (Fsp3) is 1.00. The minimum atomic E-state index is -1.14. The number of hydrogen-bond donors (Lipinski definition) is 0. The van der Waals surface area contributed by atoms with Crippen LogP contribution < -0.4 is 0 Å². The van der Waals surface area contributed by atoms with Gasteiger partial charge in [0.25, 0.3) is 0 Å². The summed E-state index contributed by atoms with van der Waals surface area (Å²) in [5.74, 6) is 0. The molecule has 0 radical (unpaired) electrons. The summed E-state index contributed by atoms with van der Waals surface area (Å²) in [5, 5.41) is 0. The molecule has 0 aromatic carbocycles. The van der Waals surface area contributed by atoms with Crippen LogP contribution in [-0.2, 0) is 0 Å². The van der Waals surface area contributed by atoms with Crippen LogP contribution in [0.2, 0.25) is 12.5 Å². The van der Waals surface area contributed by atoms with Gasteiger partial charge in [0.1, 0.15) is 0 Å². The minimum absolute atomic E-state index is 1.14. The van der Waals surface area contributed by atoms with Gasteiger partial charge in [-0.05, 0) is 0 Å². The van der Waals surface area contributed by atoms with E-state index >= 15 is 0 Å². The van der Waals surface area contributed by atoms with E-state index in [2.05, 4.69) is 44.7 Å². The Hall–Kier alpha value is 0.790. The molecule has 3 heteroatoms. The molecule has 0 rings (SSSR count). The van der Waals surface area contributed by atoms with Crippen LogP contribution in [0.4, 0.5) is 0 Å². The zero-order valence-corrected chi connectivity index (χ0v) is 16.8. The second kappa shape index (κ2) is 12.8. The topological polar surface area (TPSA) is 6.48 Å². The molecule has 0 fully saturated rings. The van der Waals surface area contributed by atoms with Crippen LogP contribution in [0.25, 0.3) is 0 Å². The van der Waals surface area contributed by atoms with E-state index in [1.807, 2.05) is 0 Å². The van der Waals surface area contributed by atoms with Gasteiger partial charge in [0, 0.05) is 0 Å². The molecule has 0 saturated carbocycles. The van der Waals surface area contributed by atoms with E-state index in [1.165, 1.54) is 45.4 Å². The van der Waals surface area contributed by atoms with Crippen LogP contribution in [-0.4, -0.2) is 71.5 Å². The molecular weight excluding hydrogens is 323 g/mol. The van der Waals surface area contributed by atoms with E-state index in [9.17, 15) is 0 Å². The first-order valence-corrected chi connectivity index (χ1v) is 15.0. The van der Waals surface area contributed by atoms with Crippen molar-refractivity contribution in [2.45, 2.75) is 52.6 Å². The predicted molar refractivity (Wildman–Crippen MR) is 86.0 cm³/mol. The molecule has 0 spiro atoms. The van der Waals surface area contributed by atoms with Gasteiger partial charge in [-0.15, -0.1) is 0 Å². The van der Waals surface area contributed by atoms with E-state index < -0.39 is 21.4 Å². The van der Waals surface area contributed by atoms with E-state index in [-0.39, 0.29) is 0 Å². The monoisotopic (exact) mass is 358 g/mol. The first-order chi connectivity index (χ1) is 8.63. The average molecular weight is 358 g/mol. The molecule has 0 aliphatic carbocycles. The van der Waals surface area contributed by atoms with Crippen molar-refractivity contribution in [1.82, 2.24) is 9.80 Å². The molecule has 0 unspecified atom stereocenters. The SMILES string of the molecule is CC[CH2][In]([CH2]CCN(C)C)[CH2]CCN(CC)CC. The van der Waals surface area contributed by atoms with Gasteiger partial charge >= 0.3 is 124 Å². The van der Waals surface area contributed by atoms with Crippen molar-refractivity contribution in [3.05, 3.63) is 0 Å². The third kappa shape index (κ3) is 10.7. The molecule has 108 valence electrons. The molecule has 18 heavy (non-hydrogen) atoms. The normalized spacial score (nSPS) is 11.5. The van der Waals surface area contributed by atoms with Crippen molar-refractivity contribution in [2.24, 2.45) is 0 Å². The van der Waals surface area contributed by atoms with Gasteiger partial charge in [0.2, 0.25) is 0 Å². The Morgan fingerprint density at radius 3 is 1.78 bits per heavy atom. The zero-order valence-electron chi connectivity index (χ0n) is 13.5. The molecule has 0 aliphatic heterocycles. The Balaban J connectivity index is 3.74. The van der Waals surface area contributed by atoms with E-state index in [0.717, 1.165) is 0 Å². The maximum absolute atomic E-state index is 2.58. The van der Waals surface area contributed by atoms with E-state index in [0.29, 0.717) is 0 Å². The fourth-order valence-electron chi connectivity index (χ4n) is 2.68. The summed E-state index contributed by atoms with van der Waals surface area (Å²) in [6.07, 6.45) is 4.37. The fourth-order valence-corrected chi connectivity index (χ4v) is 11.8. The molecule has 0 heterocycles. The van der Waals surface area contributed by atoms with Crippen molar-refractivity contribution in [3.8, 4) is 0 Å². The Labute approximate surface area is 124 Å². The average Bonchev–Trinajstić information content (AvgIpc) is 2.34. The van der Waals surface area contributed by atoms with Crippen molar-refractivity contribution in [1.29, 1.82) is 0 Å². The molecule has 0 aromatic heterocycles. The summed E-state index contributed by atoms with van der Waals surface area (Å²) >= 11 is -1.14. The number of nitrogens with zero attached hydrogens (tertiary/aromatic N) is 2.